The maximum absolute atomic E-state index is 13.0. The van der Waals surface area contributed by atoms with Gasteiger partial charge in [-0.1, -0.05) is 13.3 Å². The zero-order valence-corrected chi connectivity index (χ0v) is 13.8. The summed E-state index contributed by atoms with van der Waals surface area (Å²) in [6.07, 6.45) is 2.90. The molecule has 0 saturated heterocycles. The van der Waals surface area contributed by atoms with Crippen LogP contribution >= 0.6 is 0 Å². The highest BCUT2D eigenvalue weighted by Gasteiger charge is 2.05. The van der Waals surface area contributed by atoms with Crippen molar-refractivity contribution in [2.45, 2.75) is 39.2 Å². The Hall–Kier alpha value is -2.50. The van der Waals surface area contributed by atoms with E-state index in [0.717, 1.165) is 18.4 Å². The fourth-order valence-electron chi connectivity index (χ4n) is 2.27. The highest BCUT2D eigenvalue weighted by Crippen LogP contribution is 2.15. The number of halogens is 1. The zero-order chi connectivity index (χ0) is 17.4. The van der Waals surface area contributed by atoms with Crippen LogP contribution in [0.25, 0.3) is 11.3 Å². The Morgan fingerprint density at radius 1 is 1.17 bits per heavy atom. The quantitative estimate of drug-likeness (QED) is 0.757. The molecule has 6 heteroatoms. The summed E-state index contributed by atoms with van der Waals surface area (Å²) in [5.41, 5.74) is 1.12. The number of unbranched alkanes of at least 4 members (excludes halogenated alkanes) is 1. The number of aromatic nitrogens is 2. The first-order valence-electron chi connectivity index (χ1n) is 8.21. The van der Waals surface area contributed by atoms with Gasteiger partial charge in [-0.15, -0.1) is 0 Å². The van der Waals surface area contributed by atoms with Gasteiger partial charge < -0.3 is 5.32 Å². The van der Waals surface area contributed by atoms with Crippen molar-refractivity contribution >= 4 is 5.91 Å². The summed E-state index contributed by atoms with van der Waals surface area (Å²) >= 11 is 0. The van der Waals surface area contributed by atoms with Gasteiger partial charge >= 0.3 is 0 Å². The molecule has 1 aromatic heterocycles. The first-order chi connectivity index (χ1) is 11.6. The average Bonchev–Trinajstić information content (AvgIpc) is 2.57. The van der Waals surface area contributed by atoms with Gasteiger partial charge in [0.2, 0.25) is 5.91 Å². The van der Waals surface area contributed by atoms with Gasteiger partial charge in [0.1, 0.15) is 5.82 Å². The molecule has 1 N–H and O–H groups in total. The number of aryl methyl sites for hydroxylation is 1. The van der Waals surface area contributed by atoms with Gasteiger partial charge in [0.15, 0.2) is 0 Å². The Balaban J connectivity index is 1.95. The molecule has 1 heterocycles. The number of rotatable bonds is 8. The topological polar surface area (TPSA) is 64.0 Å². The number of carbonyl (C=O) groups is 1. The lowest BCUT2D eigenvalue weighted by Gasteiger charge is -2.08. The van der Waals surface area contributed by atoms with Crippen LogP contribution in [0, 0.1) is 5.82 Å². The molecule has 2 rings (SSSR count). The molecule has 0 aliphatic rings. The SMILES string of the molecule is CCCCNC(=O)CCCn1nc(-c2ccc(F)cc2)ccc1=O. The van der Waals surface area contributed by atoms with E-state index in [9.17, 15) is 14.0 Å². The van der Waals surface area contributed by atoms with Crippen molar-refractivity contribution < 1.29 is 9.18 Å². The van der Waals surface area contributed by atoms with Crippen molar-refractivity contribution in [2.24, 2.45) is 0 Å². The second kappa shape index (κ2) is 8.96. The van der Waals surface area contributed by atoms with E-state index in [1.54, 1.807) is 18.2 Å². The average molecular weight is 331 g/mol. The molecule has 1 aromatic carbocycles. The van der Waals surface area contributed by atoms with Crippen LogP contribution in [0.5, 0.6) is 0 Å². The van der Waals surface area contributed by atoms with Gasteiger partial charge in [-0.3, -0.25) is 9.59 Å². The number of benzene rings is 1. The van der Waals surface area contributed by atoms with Crippen molar-refractivity contribution in [3.63, 3.8) is 0 Å². The minimum absolute atomic E-state index is 0.00816. The lowest BCUT2D eigenvalue weighted by Crippen LogP contribution is -2.26. The number of carbonyl (C=O) groups excluding carboxylic acids is 1. The number of amides is 1. The minimum Gasteiger partial charge on any atom is -0.356 e. The Morgan fingerprint density at radius 3 is 2.62 bits per heavy atom. The van der Waals surface area contributed by atoms with E-state index in [1.165, 1.54) is 22.9 Å². The van der Waals surface area contributed by atoms with Gasteiger partial charge in [0.05, 0.1) is 5.69 Å². The van der Waals surface area contributed by atoms with Crippen LogP contribution in [-0.2, 0) is 11.3 Å². The number of nitrogens with zero attached hydrogens (tertiary/aromatic N) is 2. The number of hydrogen-bond acceptors (Lipinski definition) is 3. The van der Waals surface area contributed by atoms with Gasteiger partial charge in [0, 0.05) is 31.1 Å². The largest absolute Gasteiger partial charge is 0.356 e. The molecule has 0 radical (unpaired) electrons. The Labute approximate surface area is 140 Å². The third-order valence-electron chi connectivity index (χ3n) is 3.63. The van der Waals surface area contributed by atoms with E-state index in [-0.39, 0.29) is 17.3 Å². The van der Waals surface area contributed by atoms with Crippen LogP contribution in [-0.4, -0.2) is 22.2 Å². The number of nitrogens with one attached hydrogen (secondary N) is 1. The lowest BCUT2D eigenvalue weighted by atomic mass is 10.1. The van der Waals surface area contributed by atoms with E-state index in [1.807, 2.05) is 0 Å². The van der Waals surface area contributed by atoms with E-state index < -0.39 is 0 Å². The fourth-order valence-corrected chi connectivity index (χ4v) is 2.27. The van der Waals surface area contributed by atoms with Crippen LogP contribution in [0.1, 0.15) is 32.6 Å². The normalized spacial score (nSPS) is 10.6. The summed E-state index contributed by atoms with van der Waals surface area (Å²) in [6, 6.07) is 9.00. The van der Waals surface area contributed by atoms with Gasteiger partial charge in [-0.2, -0.15) is 5.10 Å². The molecule has 0 aliphatic carbocycles. The predicted molar refractivity (Wildman–Crippen MR) is 91.0 cm³/mol. The molecule has 0 bridgehead atoms. The Kier molecular flexibility index (Phi) is 6.66. The molecule has 1 amide bonds. The molecule has 0 unspecified atom stereocenters. The molecule has 2 aromatic rings. The van der Waals surface area contributed by atoms with Crippen molar-refractivity contribution in [3.8, 4) is 11.3 Å². The second-order valence-corrected chi connectivity index (χ2v) is 5.59. The highest BCUT2D eigenvalue weighted by molar-refractivity contribution is 5.75. The van der Waals surface area contributed by atoms with Crippen LogP contribution < -0.4 is 10.9 Å². The summed E-state index contributed by atoms with van der Waals surface area (Å²) in [6.45, 7) is 3.13. The van der Waals surface area contributed by atoms with Gasteiger partial charge in [-0.25, -0.2) is 9.07 Å². The van der Waals surface area contributed by atoms with E-state index in [2.05, 4.69) is 17.3 Å². The molecular weight excluding hydrogens is 309 g/mol. The van der Waals surface area contributed by atoms with Crippen LogP contribution in [0.15, 0.2) is 41.2 Å². The van der Waals surface area contributed by atoms with E-state index >= 15 is 0 Å². The summed E-state index contributed by atoms with van der Waals surface area (Å²) < 4.78 is 14.3. The highest BCUT2D eigenvalue weighted by atomic mass is 19.1. The fraction of sp³-hybridized carbons (Fsp3) is 0.389. The molecule has 5 nitrogen and oxygen atoms in total. The summed E-state index contributed by atoms with van der Waals surface area (Å²) in [5.74, 6) is -0.327. The predicted octanol–water partition coefficient (Wildman–Crippen LogP) is 2.75. The smallest absolute Gasteiger partial charge is 0.266 e. The maximum atomic E-state index is 13.0. The first-order valence-corrected chi connectivity index (χ1v) is 8.21. The van der Waals surface area contributed by atoms with Crippen LogP contribution in [0.2, 0.25) is 0 Å². The van der Waals surface area contributed by atoms with Gasteiger partial charge in [-0.05, 0) is 43.2 Å². The maximum Gasteiger partial charge on any atom is 0.266 e. The summed E-state index contributed by atoms with van der Waals surface area (Å²) in [4.78, 5) is 23.5. The molecule has 0 atom stereocenters. The van der Waals surface area contributed by atoms with Crippen molar-refractivity contribution in [3.05, 3.63) is 52.6 Å². The molecule has 0 aliphatic heterocycles. The first kappa shape index (κ1) is 17.8. The van der Waals surface area contributed by atoms with Crippen molar-refractivity contribution in [2.75, 3.05) is 6.54 Å². The van der Waals surface area contributed by atoms with Crippen LogP contribution in [0.3, 0.4) is 0 Å². The monoisotopic (exact) mass is 331 g/mol. The van der Waals surface area contributed by atoms with Crippen molar-refractivity contribution in [1.29, 1.82) is 0 Å². The summed E-state index contributed by atoms with van der Waals surface area (Å²) in [7, 11) is 0. The summed E-state index contributed by atoms with van der Waals surface area (Å²) in [5, 5.41) is 7.14. The van der Waals surface area contributed by atoms with Crippen LogP contribution in [0.4, 0.5) is 4.39 Å². The molecule has 0 saturated carbocycles. The van der Waals surface area contributed by atoms with Crippen molar-refractivity contribution in [1.82, 2.24) is 15.1 Å². The Morgan fingerprint density at radius 2 is 1.92 bits per heavy atom. The lowest BCUT2D eigenvalue weighted by molar-refractivity contribution is -0.121. The zero-order valence-electron chi connectivity index (χ0n) is 13.8. The van der Waals surface area contributed by atoms with Gasteiger partial charge in [0.25, 0.3) is 5.56 Å². The number of hydrogen-bond donors (Lipinski definition) is 1. The molecular formula is C18H22FN3O2. The van der Waals surface area contributed by atoms with E-state index in [0.29, 0.717) is 31.6 Å². The Bertz CT molecular complexity index is 726. The van der Waals surface area contributed by atoms with E-state index in [4.69, 9.17) is 0 Å². The second-order valence-electron chi connectivity index (χ2n) is 5.59. The standard InChI is InChI=1S/C18H22FN3O2/c1-2-3-12-20-17(23)5-4-13-22-18(24)11-10-16(21-22)14-6-8-15(19)9-7-14/h6-11H,2-5,12-13H2,1H3,(H,20,23). The molecule has 0 spiro atoms. The molecule has 24 heavy (non-hydrogen) atoms. The minimum atomic E-state index is -0.318. The molecule has 128 valence electrons. The third kappa shape index (κ3) is 5.30. The third-order valence-corrected chi connectivity index (χ3v) is 3.63. The molecule has 0 fully saturated rings.